The van der Waals surface area contributed by atoms with Crippen molar-refractivity contribution in [2.45, 2.75) is 44.1 Å². The summed E-state index contributed by atoms with van der Waals surface area (Å²) in [6, 6.07) is 8.56. The molecule has 1 atom stereocenters. The molecule has 3 N–H and O–H groups in total. The Labute approximate surface area is 194 Å². The summed E-state index contributed by atoms with van der Waals surface area (Å²) in [5, 5.41) is 18.3. The van der Waals surface area contributed by atoms with Crippen molar-refractivity contribution in [2.75, 3.05) is 22.1 Å². The van der Waals surface area contributed by atoms with E-state index in [1.54, 1.807) is 4.52 Å². The van der Waals surface area contributed by atoms with Crippen molar-refractivity contribution in [1.82, 2.24) is 29.8 Å². The third-order valence-corrected chi connectivity index (χ3v) is 6.60. The van der Waals surface area contributed by atoms with E-state index in [0.29, 0.717) is 42.2 Å². The van der Waals surface area contributed by atoms with Crippen molar-refractivity contribution < 1.29 is 9.18 Å². The topological polar surface area (TPSA) is 116 Å². The Morgan fingerprint density at radius 1 is 1.29 bits per heavy atom. The predicted molar refractivity (Wildman–Crippen MR) is 125 cm³/mol. The molecule has 10 nitrogen and oxygen atoms in total. The highest BCUT2D eigenvalue weighted by Crippen LogP contribution is 2.40. The number of hydrogen-bond acceptors (Lipinski definition) is 7. The van der Waals surface area contributed by atoms with E-state index in [2.05, 4.69) is 30.9 Å². The van der Waals surface area contributed by atoms with Crippen molar-refractivity contribution in [3.63, 3.8) is 0 Å². The number of carbonyl (C=O) groups excluding carboxylic acids is 1. The summed E-state index contributed by atoms with van der Waals surface area (Å²) in [6.45, 7) is 2.50. The fourth-order valence-corrected chi connectivity index (χ4v) is 4.49. The smallest absolute Gasteiger partial charge is 0.250 e. The lowest BCUT2D eigenvalue weighted by molar-refractivity contribution is -0.120. The largest absolute Gasteiger partial charge is 0.325 e. The van der Waals surface area contributed by atoms with Crippen LogP contribution in [-0.2, 0) is 4.79 Å². The van der Waals surface area contributed by atoms with Gasteiger partial charge in [-0.3, -0.25) is 9.89 Å². The molecule has 0 spiro atoms. The summed E-state index contributed by atoms with van der Waals surface area (Å²) in [4.78, 5) is 23.6. The highest BCUT2D eigenvalue weighted by molar-refractivity contribution is 6.00. The van der Waals surface area contributed by atoms with Gasteiger partial charge in [-0.1, -0.05) is 0 Å². The molecule has 34 heavy (non-hydrogen) atoms. The van der Waals surface area contributed by atoms with Crippen LogP contribution in [0.1, 0.15) is 44.2 Å². The Morgan fingerprint density at radius 3 is 2.97 bits per heavy atom. The van der Waals surface area contributed by atoms with E-state index in [1.807, 2.05) is 36.2 Å². The average Bonchev–Trinajstić information content (AvgIpc) is 3.20. The minimum atomic E-state index is -0.877. The predicted octanol–water partition coefficient (Wildman–Crippen LogP) is 3.61. The van der Waals surface area contributed by atoms with E-state index in [1.165, 1.54) is 31.2 Å². The number of carbonyl (C=O) groups is 1. The number of hydrogen-bond donors (Lipinski definition) is 3. The zero-order valence-electron chi connectivity index (χ0n) is 18.6. The second kappa shape index (κ2) is 7.79. The number of rotatable bonds is 6. The highest BCUT2D eigenvalue weighted by Gasteiger charge is 2.45. The summed E-state index contributed by atoms with van der Waals surface area (Å²) < 4.78 is 14.9. The maximum Gasteiger partial charge on any atom is 0.250 e. The van der Waals surface area contributed by atoms with E-state index < -0.39 is 11.5 Å². The van der Waals surface area contributed by atoms with Crippen molar-refractivity contribution in [3.8, 4) is 0 Å². The maximum absolute atomic E-state index is 13.3. The van der Waals surface area contributed by atoms with Gasteiger partial charge in [0.15, 0.2) is 11.6 Å². The first-order valence-corrected chi connectivity index (χ1v) is 11.4. The number of aromatic nitrogens is 6. The van der Waals surface area contributed by atoms with Gasteiger partial charge in [0.1, 0.15) is 11.1 Å². The lowest BCUT2D eigenvalue weighted by atomic mass is 9.97. The molecule has 2 aliphatic rings. The fourth-order valence-electron chi connectivity index (χ4n) is 4.49. The van der Waals surface area contributed by atoms with Crippen LogP contribution >= 0.6 is 0 Å². The van der Waals surface area contributed by atoms with E-state index in [-0.39, 0.29) is 5.91 Å². The molecular weight excluding hydrogens is 436 g/mol. The number of aromatic amines is 1. The van der Waals surface area contributed by atoms with Gasteiger partial charge in [-0.05, 0) is 56.9 Å². The second-order valence-corrected chi connectivity index (χ2v) is 9.06. The van der Waals surface area contributed by atoms with Crippen molar-refractivity contribution >= 4 is 34.7 Å². The third kappa shape index (κ3) is 3.62. The van der Waals surface area contributed by atoms with Crippen LogP contribution in [0.4, 0.5) is 27.7 Å². The number of pyridine rings is 1. The third-order valence-electron chi connectivity index (χ3n) is 6.60. The van der Waals surface area contributed by atoms with Gasteiger partial charge in [0, 0.05) is 30.4 Å². The molecule has 174 valence electrons. The minimum Gasteiger partial charge on any atom is -0.325 e. The van der Waals surface area contributed by atoms with Crippen LogP contribution in [0.3, 0.4) is 0 Å². The van der Waals surface area contributed by atoms with Gasteiger partial charge in [0.05, 0.1) is 11.9 Å². The van der Waals surface area contributed by atoms with Crippen LogP contribution in [0.15, 0.2) is 42.7 Å². The lowest BCUT2D eigenvalue weighted by Crippen LogP contribution is -2.51. The summed E-state index contributed by atoms with van der Waals surface area (Å²) in [6.07, 6.45) is 6.97. The number of anilines is 4. The summed E-state index contributed by atoms with van der Waals surface area (Å²) in [5.74, 6) is 1.50. The van der Waals surface area contributed by atoms with Crippen LogP contribution in [0.2, 0.25) is 0 Å². The molecule has 1 aliphatic carbocycles. The first kappa shape index (κ1) is 20.6. The first-order valence-electron chi connectivity index (χ1n) is 11.4. The van der Waals surface area contributed by atoms with E-state index >= 15 is 0 Å². The number of amides is 1. The monoisotopic (exact) mass is 460 g/mol. The molecule has 4 aromatic rings. The number of nitrogens with one attached hydrogen (secondary N) is 3. The molecule has 11 heteroatoms. The standard InChI is InChI=1S/C23H24FN9O/c1-23(21(34)26-15-7-8-18(24)25-13-15)9-3-10-32(23)22-28-20(17-4-2-11-33(17)31-22)27-19-12-16(29-30-19)14-5-6-14/h2,4,7-8,11-14H,3,5-6,9-10H2,1H3,(H,26,34)(H2,27,28,29,30,31)/t23-/m0/s1/i24-1. The molecule has 1 saturated carbocycles. The quantitative estimate of drug-likeness (QED) is 0.377. The van der Waals surface area contributed by atoms with Gasteiger partial charge in [-0.2, -0.15) is 14.5 Å². The molecule has 0 radical (unpaired) electrons. The van der Waals surface area contributed by atoms with Gasteiger partial charge in [-0.25, -0.2) is 9.50 Å². The van der Waals surface area contributed by atoms with Crippen LogP contribution in [0, 0.1) is 5.95 Å². The Hall–Kier alpha value is -4.02. The van der Waals surface area contributed by atoms with Gasteiger partial charge < -0.3 is 15.5 Å². The molecule has 5 heterocycles. The van der Waals surface area contributed by atoms with Crippen LogP contribution < -0.4 is 15.5 Å². The molecular formula is C23H24FN9O. The summed E-state index contributed by atoms with van der Waals surface area (Å²) in [7, 11) is 0. The van der Waals surface area contributed by atoms with Gasteiger partial charge >= 0.3 is 0 Å². The molecule has 1 saturated heterocycles. The number of fused-ring (bicyclic) bond motifs is 1. The summed E-state index contributed by atoms with van der Waals surface area (Å²) >= 11 is 0. The van der Waals surface area contributed by atoms with Crippen LogP contribution in [0.25, 0.3) is 5.52 Å². The van der Waals surface area contributed by atoms with E-state index in [4.69, 9.17) is 4.98 Å². The average molecular weight is 461 g/mol. The number of H-pyrrole nitrogens is 1. The Morgan fingerprint density at radius 2 is 2.18 bits per heavy atom. The van der Waals surface area contributed by atoms with Crippen molar-refractivity contribution in [1.29, 1.82) is 0 Å². The second-order valence-electron chi connectivity index (χ2n) is 9.06. The molecule has 0 bridgehead atoms. The molecule has 6 rings (SSSR count). The highest BCUT2D eigenvalue weighted by atomic mass is 18.2. The normalized spacial score (nSPS) is 20.1. The molecule has 4 aromatic heterocycles. The molecule has 1 amide bonds. The van der Waals surface area contributed by atoms with Gasteiger partial charge in [0.25, 0.3) is 0 Å². The van der Waals surface area contributed by atoms with E-state index in [0.717, 1.165) is 17.6 Å². The van der Waals surface area contributed by atoms with Gasteiger partial charge in [-0.15, -0.1) is 5.10 Å². The van der Waals surface area contributed by atoms with Crippen molar-refractivity contribution in [3.05, 3.63) is 54.4 Å². The van der Waals surface area contributed by atoms with Crippen LogP contribution in [-0.4, -0.2) is 47.8 Å². The van der Waals surface area contributed by atoms with E-state index in [9.17, 15) is 9.18 Å². The molecule has 2 fully saturated rings. The fraction of sp³-hybridized carbons (Fsp3) is 0.348. The lowest BCUT2D eigenvalue weighted by Gasteiger charge is -2.34. The Bertz CT molecular complexity index is 1360. The minimum absolute atomic E-state index is 0.217. The SMILES string of the molecule is C[C@@]1(C(=O)Nc2ccc([18F])nc2)CCCN1c1nc(Nc2cc(C3CC3)[nH]n2)c2cccn2n1. The molecule has 1 aliphatic heterocycles. The Kier molecular flexibility index (Phi) is 4.71. The Balaban J connectivity index is 1.31. The first-order chi connectivity index (χ1) is 16.5. The molecule has 0 unspecified atom stereocenters. The summed E-state index contributed by atoms with van der Waals surface area (Å²) in [5.41, 5.74) is 1.50. The zero-order valence-corrected chi connectivity index (χ0v) is 18.6. The zero-order chi connectivity index (χ0) is 23.3. The van der Waals surface area contributed by atoms with Crippen LogP contribution in [0.5, 0.6) is 0 Å². The number of nitrogens with zero attached hydrogens (tertiary/aromatic N) is 6. The molecule has 0 aromatic carbocycles. The number of halogens is 1. The van der Waals surface area contributed by atoms with Gasteiger partial charge in [0.2, 0.25) is 17.8 Å². The maximum atomic E-state index is 13.3. The van der Waals surface area contributed by atoms with Crippen molar-refractivity contribution in [2.24, 2.45) is 0 Å².